The van der Waals surface area contributed by atoms with E-state index in [0.29, 0.717) is 31.2 Å². The first-order valence-corrected chi connectivity index (χ1v) is 23.9. The van der Waals surface area contributed by atoms with Crippen LogP contribution in [0.25, 0.3) is 0 Å². The van der Waals surface area contributed by atoms with E-state index in [1.165, 1.54) is 0 Å². The van der Waals surface area contributed by atoms with Gasteiger partial charge in [0, 0.05) is 19.3 Å². The van der Waals surface area contributed by atoms with Crippen LogP contribution in [0.5, 0.6) is 0 Å². The fraction of sp³-hybridized carbons (Fsp3) is 0.638. The van der Waals surface area contributed by atoms with Gasteiger partial charge < -0.3 is 69.7 Å². The number of primary amides is 1. The first kappa shape index (κ1) is 62.3. The molecule has 0 aliphatic rings. The van der Waals surface area contributed by atoms with Crippen molar-refractivity contribution in [1.29, 1.82) is 0 Å². The van der Waals surface area contributed by atoms with E-state index in [4.69, 9.17) is 22.3 Å². The van der Waals surface area contributed by atoms with Crippen LogP contribution >= 0.6 is 0 Å². The molecule has 0 spiro atoms. The average molecular weight is 1010 g/mol. The Balaban J connectivity index is 3.59. The molecule has 0 heterocycles. The van der Waals surface area contributed by atoms with Crippen LogP contribution in [0, 0.1) is 17.8 Å². The summed E-state index contributed by atoms with van der Waals surface area (Å²) in [6.45, 7) is 10.5. The molecule has 8 amide bonds. The summed E-state index contributed by atoms with van der Waals surface area (Å²) in [7, 11) is 0. The van der Waals surface area contributed by atoms with Gasteiger partial charge in [-0.1, -0.05) is 84.7 Å². The fourth-order valence-electron chi connectivity index (χ4n) is 7.13. The number of carboxylic acid groups (broad SMARTS) is 3. The normalized spacial score (nSPS) is 15.3. The minimum absolute atomic E-state index is 0.00349. The molecule has 1 rings (SSSR count). The van der Waals surface area contributed by atoms with E-state index < -0.39 is 151 Å². The first-order valence-electron chi connectivity index (χ1n) is 23.9. The van der Waals surface area contributed by atoms with Crippen molar-refractivity contribution in [2.24, 2.45) is 35.0 Å². The number of carboxylic acids is 3. The van der Waals surface area contributed by atoms with E-state index in [9.17, 15) is 63.0 Å². The highest BCUT2D eigenvalue weighted by Gasteiger charge is 2.37. The summed E-state index contributed by atoms with van der Waals surface area (Å²) in [6, 6.07) is -3.23. The van der Waals surface area contributed by atoms with E-state index in [2.05, 4.69) is 37.2 Å². The van der Waals surface area contributed by atoms with Gasteiger partial charge in [-0.25, -0.2) is 4.79 Å². The molecule has 24 heteroatoms. The van der Waals surface area contributed by atoms with Gasteiger partial charge in [-0.2, -0.15) is 0 Å². The van der Waals surface area contributed by atoms with Crippen molar-refractivity contribution in [3.05, 3.63) is 35.9 Å². The van der Waals surface area contributed by atoms with Crippen molar-refractivity contribution >= 4 is 65.2 Å². The van der Waals surface area contributed by atoms with E-state index in [1.54, 1.807) is 71.9 Å². The van der Waals surface area contributed by atoms with Crippen LogP contribution in [0.1, 0.15) is 118 Å². The van der Waals surface area contributed by atoms with Crippen LogP contribution in [-0.4, -0.2) is 135 Å². The predicted octanol–water partition coefficient (Wildman–Crippen LogP) is -1.09. The number of amides is 8. The van der Waals surface area contributed by atoms with Gasteiger partial charge in [0.05, 0.1) is 12.5 Å². The Morgan fingerprint density at radius 2 is 0.972 bits per heavy atom. The molecule has 71 heavy (non-hydrogen) atoms. The smallest absolute Gasteiger partial charge is 0.326 e. The highest BCUT2D eigenvalue weighted by atomic mass is 16.4. The summed E-state index contributed by atoms with van der Waals surface area (Å²) >= 11 is 0. The number of carbonyl (C=O) groups excluding carboxylic acids is 8. The molecule has 24 nitrogen and oxygen atoms in total. The second-order valence-corrected chi connectivity index (χ2v) is 18.1. The van der Waals surface area contributed by atoms with E-state index in [0.717, 1.165) is 0 Å². The molecular formula is C47H76N10O14. The summed E-state index contributed by atoms with van der Waals surface area (Å²) in [6.07, 6.45) is -1.26. The second kappa shape index (κ2) is 32.2. The number of carbonyl (C=O) groups is 11. The Labute approximate surface area is 413 Å². The van der Waals surface area contributed by atoms with Gasteiger partial charge in [0.1, 0.15) is 42.3 Å². The van der Waals surface area contributed by atoms with Crippen LogP contribution in [0.3, 0.4) is 0 Å². The third-order valence-corrected chi connectivity index (χ3v) is 11.7. The zero-order chi connectivity index (χ0) is 54.0. The molecule has 1 aromatic rings. The second-order valence-electron chi connectivity index (χ2n) is 18.1. The molecule has 0 radical (unpaired) electrons. The average Bonchev–Trinajstić information content (AvgIpc) is 3.30. The number of nitrogens with two attached hydrogens (primary N) is 3. The van der Waals surface area contributed by atoms with Crippen molar-refractivity contribution in [3.8, 4) is 0 Å². The molecule has 0 saturated carbocycles. The van der Waals surface area contributed by atoms with Crippen molar-refractivity contribution in [3.63, 3.8) is 0 Å². The molecule has 10 unspecified atom stereocenters. The maximum atomic E-state index is 14.2. The molecule has 1 aromatic carbocycles. The predicted molar refractivity (Wildman–Crippen MR) is 258 cm³/mol. The van der Waals surface area contributed by atoms with Gasteiger partial charge in [-0.3, -0.25) is 47.9 Å². The first-order chi connectivity index (χ1) is 33.3. The van der Waals surface area contributed by atoms with Crippen LogP contribution < -0.4 is 54.4 Å². The molecule has 0 aliphatic heterocycles. The summed E-state index contributed by atoms with van der Waals surface area (Å²) in [5.41, 5.74) is 17.5. The lowest BCUT2D eigenvalue weighted by atomic mass is 9.94. The van der Waals surface area contributed by atoms with Crippen molar-refractivity contribution < 1.29 is 68.1 Å². The number of hydrogen-bond donors (Lipinski definition) is 13. The highest BCUT2D eigenvalue weighted by molar-refractivity contribution is 5.99. The highest BCUT2D eigenvalue weighted by Crippen LogP contribution is 2.15. The molecule has 0 fully saturated rings. The fourth-order valence-corrected chi connectivity index (χ4v) is 7.13. The minimum Gasteiger partial charge on any atom is -0.481 e. The lowest BCUT2D eigenvalue weighted by Gasteiger charge is -2.30. The van der Waals surface area contributed by atoms with Crippen LogP contribution in [0.15, 0.2) is 30.3 Å². The van der Waals surface area contributed by atoms with Crippen LogP contribution in [0.4, 0.5) is 0 Å². The van der Waals surface area contributed by atoms with Gasteiger partial charge in [-0.15, -0.1) is 0 Å². The Morgan fingerprint density at radius 3 is 1.45 bits per heavy atom. The molecule has 398 valence electrons. The van der Waals surface area contributed by atoms with Gasteiger partial charge in [0.25, 0.3) is 0 Å². The van der Waals surface area contributed by atoms with Gasteiger partial charge >= 0.3 is 17.9 Å². The largest absolute Gasteiger partial charge is 0.481 e. The van der Waals surface area contributed by atoms with Crippen molar-refractivity contribution in [2.75, 3.05) is 6.54 Å². The van der Waals surface area contributed by atoms with Crippen LogP contribution in [0.2, 0.25) is 0 Å². The summed E-state index contributed by atoms with van der Waals surface area (Å²) in [5.74, 6) is -12.6. The third kappa shape index (κ3) is 23.7. The number of aliphatic carboxylic acids is 3. The van der Waals surface area contributed by atoms with Crippen molar-refractivity contribution in [1.82, 2.24) is 37.2 Å². The van der Waals surface area contributed by atoms with Gasteiger partial charge in [0.2, 0.25) is 47.3 Å². The Kier molecular flexibility index (Phi) is 28.3. The third-order valence-electron chi connectivity index (χ3n) is 11.7. The van der Waals surface area contributed by atoms with Gasteiger partial charge in [-0.05, 0) is 68.4 Å². The maximum Gasteiger partial charge on any atom is 0.326 e. The Hall–Kier alpha value is -6.69. The molecule has 10 atom stereocenters. The van der Waals surface area contributed by atoms with E-state index in [-0.39, 0.29) is 38.1 Å². The lowest BCUT2D eigenvalue weighted by Crippen LogP contribution is -2.62. The summed E-state index contributed by atoms with van der Waals surface area (Å²) in [4.78, 5) is 144. The molecular weight excluding hydrogens is 929 g/mol. The minimum atomic E-state index is -1.75. The van der Waals surface area contributed by atoms with Gasteiger partial charge in [0.15, 0.2) is 0 Å². The lowest BCUT2D eigenvalue weighted by molar-refractivity contribution is -0.143. The topological polar surface area (TPSA) is 411 Å². The summed E-state index contributed by atoms with van der Waals surface area (Å²) in [5, 5.41) is 45.9. The van der Waals surface area contributed by atoms with E-state index in [1.807, 2.05) is 0 Å². The maximum absolute atomic E-state index is 14.2. The molecule has 0 bridgehead atoms. The zero-order valence-electron chi connectivity index (χ0n) is 41.5. The number of nitrogens with one attached hydrogen (secondary N) is 7. The van der Waals surface area contributed by atoms with Crippen LogP contribution in [-0.2, 0) is 59.2 Å². The number of unbranched alkanes of at least 4 members (excludes halogenated alkanes) is 1. The molecule has 0 aliphatic carbocycles. The molecule has 0 aromatic heterocycles. The SMILES string of the molecule is CCC(C)C(NC(=O)C(N)CCC(=O)O)C(=O)NC(C(=O)NC(CC(N)=O)C(=O)NC(Cc1ccccc1)C(=O)NC(CCC(=O)O)C(=O)NC(CCCCN)C(=O)NC(CC(C)C)C(=O)O)C(C)CC. The molecule has 0 saturated heterocycles. The molecule has 16 N–H and O–H groups in total. The van der Waals surface area contributed by atoms with E-state index >= 15 is 0 Å². The number of rotatable bonds is 35. The Bertz CT molecular complexity index is 1970. The standard InChI is InChI=1S/C47H76N10O14/c1-7-26(5)38(57-46(69)39(27(6)8-2)56-40(63)29(49)17-19-36(59)60)45(68)54-33(24-35(50)58)44(67)53-32(23-28-14-10-9-11-15-28)43(66)52-31(18-20-37(61)62)42(65)51-30(16-12-13-21-48)41(64)55-34(47(70)71)22-25(3)4/h9-11,14-15,25-27,29-34,38-39H,7-8,12-13,16-24,48-49H2,1-6H3,(H2,50,58)(H,51,65)(H,52,66)(H,53,67)(H,54,68)(H,55,64)(H,56,63)(H,57,69)(H,59,60)(H,61,62)(H,70,71). The quantitative estimate of drug-likeness (QED) is 0.0359. The summed E-state index contributed by atoms with van der Waals surface area (Å²) < 4.78 is 0. The Morgan fingerprint density at radius 1 is 0.535 bits per heavy atom. The number of hydrogen-bond acceptors (Lipinski definition) is 13. The monoisotopic (exact) mass is 1000 g/mol. The zero-order valence-corrected chi connectivity index (χ0v) is 41.5. The van der Waals surface area contributed by atoms with Crippen molar-refractivity contribution in [2.45, 2.75) is 167 Å². The number of benzene rings is 1.